The molecule has 0 aliphatic carbocycles. The number of aryl methyl sites for hydroxylation is 1. The van der Waals surface area contributed by atoms with E-state index in [-0.39, 0.29) is 6.04 Å². The molecular formula is C8H10N2O. The fraction of sp³-hybridized carbons (Fsp3) is 0.375. The lowest BCUT2D eigenvalue weighted by molar-refractivity contribution is 0.452. The molecule has 0 aliphatic rings. The third-order valence-corrected chi connectivity index (χ3v) is 1.46. The molecule has 0 aliphatic heterocycles. The van der Waals surface area contributed by atoms with Crippen molar-refractivity contribution in [2.45, 2.75) is 13.0 Å². The Balaban J connectivity index is 2.84. The first-order valence-corrected chi connectivity index (χ1v) is 3.41. The molecule has 0 fully saturated rings. The molecule has 1 unspecified atom stereocenters. The quantitative estimate of drug-likeness (QED) is 0.692. The lowest BCUT2D eigenvalue weighted by atomic mass is 10.2. The molecule has 0 spiro atoms. The van der Waals surface area contributed by atoms with Crippen LogP contribution in [0, 0.1) is 18.3 Å². The lowest BCUT2D eigenvalue weighted by Crippen LogP contribution is -2.12. The standard InChI is InChI=1S/C8H10N2O/c1-6-3-4-8(11-6)7(5-9)10-2/h3-4,7,10H,1-2H3. The Morgan fingerprint density at radius 3 is 2.73 bits per heavy atom. The average molecular weight is 150 g/mol. The van der Waals surface area contributed by atoms with Crippen molar-refractivity contribution in [2.24, 2.45) is 0 Å². The third kappa shape index (κ3) is 1.60. The lowest BCUT2D eigenvalue weighted by Gasteiger charge is -2.01. The van der Waals surface area contributed by atoms with Crippen LogP contribution < -0.4 is 5.32 Å². The summed E-state index contributed by atoms with van der Waals surface area (Å²) in [5, 5.41) is 11.4. The summed E-state index contributed by atoms with van der Waals surface area (Å²) in [6, 6.07) is 5.40. The van der Waals surface area contributed by atoms with E-state index in [4.69, 9.17) is 9.68 Å². The van der Waals surface area contributed by atoms with Crippen molar-refractivity contribution < 1.29 is 4.42 Å². The molecule has 58 valence electrons. The van der Waals surface area contributed by atoms with E-state index >= 15 is 0 Å². The first-order valence-electron chi connectivity index (χ1n) is 3.41. The summed E-state index contributed by atoms with van der Waals surface area (Å²) in [6.07, 6.45) is 0. The first kappa shape index (κ1) is 7.83. The number of furan rings is 1. The van der Waals surface area contributed by atoms with Gasteiger partial charge in [-0.2, -0.15) is 5.26 Å². The van der Waals surface area contributed by atoms with E-state index in [0.29, 0.717) is 5.76 Å². The smallest absolute Gasteiger partial charge is 0.154 e. The van der Waals surface area contributed by atoms with Crippen molar-refractivity contribution in [3.8, 4) is 6.07 Å². The van der Waals surface area contributed by atoms with Crippen LogP contribution in [0.15, 0.2) is 16.5 Å². The Morgan fingerprint density at radius 1 is 1.64 bits per heavy atom. The first-order chi connectivity index (χ1) is 5.27. The summed E-state index contributed by atoms with van der Waals surface area (Å²) in [5.74, 6) is 1.50. The molecule has 3 nitrogen and oxygen atoms in total. The van der Waals surface area contributed by atoms with Crippen LogP contribution in [0.25, 0.3) is 0 Å². The number of hydrogen-bond acceptors (Lipinski definition) is 3. The summed E-state index contributed by atoms with van der Waals surface area (Å²) in [7, 11) is 1.73. The van der Waals surface area contributed by atoms with Gasteiger partial charge in [-0.15, -0.1) is 0 Å². The van der Waals surface area contributed by atoms with Crippen LogP contribution in [-0.2, 0) is 0 Å². The topological polar surface area (TPSA) is 49.0 Å². The fourth-order valence-electron chi connectivity index (χ4n) is 0.879. The van der Waals surface area contributed by atoms with Gasteiger partial charge in [0.1, 0.15) is 11.5 Å². The number of nitrogens with zero attached hydrogens (tertiary/aromatic N) is 1. The number of nitrogens with one attached hydrogen (secondary N) is 1. The molecular weight excluding hydrogens is 140 g/mol. The van der Waals surface area contributed by atoms with E-state index in [0.717, 1.165) is 5.76 Å². The van der Waals surface area contributed by atoms with Gasteiger partial charge >= 0.3 is 0 Å². The van der Waals surface area contributed by atoms with Gasteiger partial charge in [0, 0.05) is 0 Å². The minimum absolute atomic E-state index is 0.330. The zero-order chi connectivity index (χ0) is 8.27. The molecule has 0 amide bonds. The number of nitriles is 1. The third-order valence-electron chi connectivity index (χ3n) is 1.46. The molecule has 0 saturated heterocycles. The van der Waals surface area contributed by atoms with E-state index in [1.807, 2.05) is 13.0 Å². The fourth-order valence-corrected chi connectivity index (χ4v) is 0.879. The SMILES string of the molecule is CNC(C#N)c1ccc(C)o1. The molecule has 0 radical (unpaired) electrons. The normalized spacial score (nSPS) is 12.5. The van der Waals surface area contributed by atoms with Gasteiger partial charge in [0.25, 0.3) is 0 Å². The van der Waals surface area contributed by atoms with Crippen LogP contribution >= 0.6 is 0 Å². The summed E-state index contributed by atoms with van der Waals surface area (Å²) in [6.45, 7) is 1.85. The van der Waals surface area contributed by atoms with Crippen LogP contribution in [0.3, 0.4) is 0 Å². The van der Waals surface area contributed by atoms with Gasteiger partial charge in [0.15, 0.2) is 6.04 Å². The van der Waals surface area contributed by atoms with Gasteiger partial charge < -0.3 is 4.42 Å². The van der Waals surface area contributed by atoms with Crippen LogP contribution in [0.2, 0.25) is 0 Å². The number of hydrogen-bond donors (Lipinski definition) is 1. The highest BCUT2D eigenvalue weighted by Gasteiger charge is 2.10. The van der Waals surface area contributed by atoms with Gasteiger partial charge in [-0.25, -0.2) is 0 Å². The van der Waals surface area contributed by atoms with Crippen LogP contribution in [-0.4, -0.2) is 7.05 Å². The van der Waals surface area contributed by atoms with E-state index < -0.39 is 0 Å². The molecule has 11 heavy (non-hydrogen) atoms. The van der Waals surface area contributed by atoms with Crippen molar-refractivity contribution in [1.82, 2.24) is 5.32 Å². The van der Waals surface area contributed by atoms with Gasteiger partial charge in [0.05, 0.1) is 6.07 Å². The summed E-state index contributed by atoms with van der Waals surface area (Å²) in [4.78, 5) is 0. The molecule has 0 aromatic carbocycles. The predicted octanol–water partition coefficient (Wildman–Crippen LogP) is 1.37. The van der Waals surface area contributed by atoms with Gasteiger partial charge in [-0.3, -0.25) is 5.32 Å². The Kier molecular flexibility index (Phi) is 2.29. The summed E-state index contributed by atoms with van der Waals surface area (Å²) < 4.78 is 5.24. The maximum absolute atomic E-state index is 8.62. The molecule has 0 bridgehead atoms. The monoisotopic (exact) mass is 150 g/mol. The molecule has 0 saturated carbocycles. The minimum atomic E-state index is -0.330. The summed E-state index contributed by atoms with van der Waals surface area (Å²) >= 11 is 0. The minimum Gasteiger partial charge on any atom is -0.464 e. The van der Waals surface area contributed by atoms with Crippen LogP contribution in [0.4, 0.5) is 0 Å². The van der Waals surface area contributed by atoms with Gasteiger partial charge in [0.2, 0.25) is 0 Å². The molecule has 1 atom stereocenters. The average Bonchev–Trinajstić information content (AvgIpc) is 2.39. The molecule has 1 aromatic rings. The van der Waals surface area contributed by atoms with Gasteiger partial charge in [-0.05, 0) is 26.1 Å². The maximum atomic E-state index is 8.62. The van der Waals surface area contributed by atoms with E-state index in [1.165, 1.54) is 0 Å². The zero-order valence-corrected chi connectivity index (χ0v) is 6.59. The van der Waals surface area contributed by atoms with Crippen molar-refractivity contribution in [3.63, 3.8) is 0 Å². The molecule has 1 rings (SSSR count). The second-order valence-corrected chi connectivity index (χ2v) is 2.30. The largest absolute Gasteiger partial charge is 0.464 e. The molecule has 1 aromatic heterocycles. The van der Waals surface area contributed by atoms with Crippen molar-refractivity contribution in [1.29, 1.82) is 5.26 Å². The van der Waals surface area contributed by atoms with Crippen molar-refractivity contribution in [3.05, 3.63) is 23.7 Å². The maximum Gasteiger partial charge on any atom is 0.154 e. The van der Waals surface area contributed by atoms with E-state index in [9.17, 15) is 0 Å². The van der Waals surface area contributed by atoms with Crippen LogP contribution in [0.1, 0.15) is 17.6 Å². The Morgan fingerprint density at radius 2 is 2.36 bits per heavy atom. The second-order valence-electron chi connectivity index (χ2n) is 2.30. The van der Waals surface area contributed by atoms with E-state index in [2.05, 4.69) is 11.4 Å². The van der Waals surface area contributed by atoms with E-state index in [1.54, 1.807) is 13.1 Å². The molecule has 3 heteroatoms. The van der Waals surface area contributed by atoms with Crippen LogP contribution in [0.5, 0.6) is 0 Å². The predicted molar refractivity (Wildman–Crippen MR) is 40.9 cm³/mol. The number of rotatable bonds is 2. The Hall–Kier alpha value is -1.27. The van der Waals surface area contributed by atoms with Crippen molar-refractivity contribution in [2.75, 3.05) is 7.05 Å². The summed E-state index contributed by atoms with van der Waals surface area (Å²) in [5.41, 5.74) is 0. The highest BCUT2D eigenvalue weighted by atomic mass is 16.3. The molecule has 1 heterocycles. The Bertz CT molecular complexity index is 272. The zero-order valence-electron chi connectivity index (χ0n) is 6.59. The molecule has 1 N–H and O–H groups in total. The highest BCUT2D eigenvalue weighted by molar-refractivity contribution is 5.15. The van der Waals surface area contributed by atoms with Crippen molar-refractivity contribution >= 4 is 0 Å². The van der Waals surface area contributed by atoms with Gasteiger partial charge in [-0.1, -0.05) is 0 Å². The highest BCUT2D eigenvalue weighted by Crippen LogP contribution is 2.14. The Labute approximate surface area is 65.6 Å². The second kappa shape index (κ2) is 3.22.